The van der Waals surface area contributed by atoms with Gasteiger partial charge in [-0.25, -0.2) is 9.78 Å². The molecule has 1 amide bonds. The second-order valence-corrected chi connectivity index (χ2v) is 5.14. The van der Waals surface area contributed by atoms with Gasteiger partial charge in [0.25, 0.3) is 0 Å². The van der Waals surface area contributed by atoms with Crippen molar-refractivity contribution in [2.24, 2.45) is 0 Å². The van der Waals surface area contributed by atoms with Crippen LogP contribution in [0.25, 0.3) is 17.2 Å². The lowest BCUT2D eigenvalue weighted by Crippen LogP contribution is -2.09. The molecule has 0 radical (unpaired) electrons. The summed E-state index contributed by atoms with van der Waals surface area (Å²) >= 11 is 0. The van der Waals surface area contributed by atoms with Crippen molar-refractivity contribution in [1.29, 1.82) is 0 Å². The summed E-state index contributed by atoms with van der Waals surface area (Å²) in [6, 6.07) is 13.9. The number of anilines is 1. The van der Waals surface area contributed by atoms with Crippen LogP contribution < -0.4 is 5.32 Å². The number of nitrogens with zero attached hydrogens (tertiary/aromatic N) is 1. The molecule has 0 aliphatic heterocycles. The normalized spacial score (nSPS) is 10.9. The topological polar surface area (TPSA) is 81.4 Å². The largest absolute Gasteiger partial charge is 0.462 e. The molecule has 0 fully saturated rings. The summed E-state index contributed by atoms with van der Waals surface area (Å²) < 4.78 is 10.4. The van der Waals surface area contributed by atoms with E-state index in [0.29, 0.717) is 29.3 Å². The van der Waals surface area contributed by atoms with Crippen LogP contribution in [0.4, 0.5) is 5.69 Å². The van der Waals surface area contributed by atoms with Crippen LogP contribution in [0.5, 0.6) is 0 Å². The van der Waals surface area contributed by atoms with Gasteiger partial charge in [-0.3, -0.25) is 4.79 Å². The van der Waals surface area contributed by atoms with Crippen LogP contribution in [0.2, 0.25) is 0 Å². The minimum atomic E-state index is -0.430. The molecule has 6 nitrogen and oxygen atoms in total. The molecule has 0 spiro atoms. The first-order valence-electron chi connectivity index (χ1n) is 7.77. The molecule has 0 atom stereocenters. The number of rotatable bonds is 5. The van der Waals surface area contributed by atoms with E-state index in [4.69, 9.17) is 9.15 Å². The van der Waals surface area contributed by atoms with Crippen LogP contribution >= 0.6 is 0 Å². The summed E-state index contributed by atoms with van der Waals surface area (Å²) in [5.41, 5.74) is 2.26. The maximum Gasteiger partial charge on any atom is 0.338 e. The first kappa shape index (κ1) is 16.4. The number of oxazole rings is 1. The van der Waals surface area contributed by atoms with Crippen molar-refractivity contribution in [2.45, 2.75) is 6.92 Å². The van der Waals surface area contributed by atoms with E-state index in [0.717, 1.165) is 5.52 Å². The summed E-state index contributed by atoms with van der Waals surface area (Å²) in [6.45, 7) is 2.03. The van der Waals surface area contributed by atoms with Crippen LogP contribution in [-0.2, 0) is 9.53 Å². The lowest BCUT2D eigenvalue weighted by Gasteiger charge is -2.05. The Bertz CT molecular complexity index is 910. The first-order chi connectivity index (χ1) is 12.2. The number of para-hydroxylation sites is 2. The van der Waals surface area contributed by atoms with Gasteiger partial charge in [0.15, 0.2) is 5.58 Å². The third-order valence-corrected chi connectivity index (χ3v) is 3.33. The number of hydrogen-bond acceptors (Lipinski definition) is 5. The van der Waals surface area contributed by atoms with E-state index in [1.54, 1.807) is 37.3 Å². The standard InChI is InChI=1S/C19H16N2O4/c1-2-24-19(23)13-6-5-7-14(12-13)20-17(22)10-11-18-21-15-8-3-4-9-16(15)25-18/h3-12H,2H2,1H3,(H,20,22)/b11-10+. The predicted octanol–water partition coefficient (Wildman–Crippen LogP) is 3.66. The van der Waals surface area contributed by atoms with Gasteiger partial charge in [-0.15, -0.1) is 0 Å². The van der Waals surface area contributed by atoms with Gasteiger partial charge < -0.3 is 14.5 Å². The van der Waals surface area contributed by atoms with Crippen molar-refractivity contribution in [3.05, 3.63) is 66.1 Å². The Morgan fingerprint density at radius 2 is 2.04 bits per heavy atom. The van der Waals surface area contributed by atoms with E-state index in [-0.39, 0.29) is 5.91 Å². The Kier molecular flexibility index (Phi) is 4.89. The fraction of sp³-hybridized carbons (Fsp3) is 0.105. The highest BCUT2D eigenvalue weighted by Gasteiger charge is 2.08. The van der Waals surface area contributed by atoms with Gasteiger partial charge in [0.2, 0.25) is 11.8 Å². The van der Waals surface area contributed by atoms with Crippen LogP contribution in [0.15, 0.2) is 59.0 Å². The average molecular weight is 336 g/mol. The monoisotopic (exact) mass is 336 g/mol. The number of ether oxygens (including phenoxy) is 1. The summed E-state index contributed by atoms with van der Waals surface area (Å²) in [5.74, 6) is -0.444. The maximum absolute atomic E-state index is 12.0. The molecule has 1 aromatic heterocycles. The lowest BCUT2D eigenvalue weighted by atomic mass is 10.2. The quantitative estimate of drug-likeness (QED) is 0.568. The number of carbonyl (C=O) groups excluding carboxylic acids is 2. The number of aromatic nitrogens is 1. The Morgan fingerprint density at radius 3 is 2.84 bits per heavy atom. The molecule has 0 saturated heterocycles. The molecule has 0 bridgehead atoms. The van der Waals surface area contributed by atoms with E-state index < -0.39 is 5.97 Å². The smallest absolute Gasteiger partial charge is 0.338 e. The SMILES string of the molecule is CCOC(=O)c1cccc(NC(=O)/C=C/c2nc3ccccc3o2)c1. The average Bonchev–Trinajstić information content (AvgIpc) is 3.03. The fourth-order valence-electron chi connectivity index (χ4n) is 2.23. The van der Waals surface area contributed by atoms with Crippen molar-refractivity contribution in [1.82, 2.24) is 4.98 Å². The number of benzene rings is 2. The molecular formula is C19H16N2O4. The van der Waals surface area contributed by atoms with Crippen LogP contribution in [0.1, 0.15) is 23.2 Å². The third kappa shape index (κ3) is 4.11. The van der Waals surface area contributed by atoms with E-state index >= 15 is 0 Å². The molecular weight excluding hydrogens is 320 g/mol. The first-order valence-corrected chi connectivity index (χ1v) is 7.77. The van der Waals surface area contributed by atoms with Crippen molar-refractivity contribution in [3.8, 4) is 0 Å². The molecule has 2 aromatic carbocycles. The van der Waals surface area contributed by atoms with E-state index in [9.17, 15) is 9.59 Å². The summed E-state index contributed by atoms with van der Waals surface area (Å²) in [7, 11) is 0. The van der Waals surface area contributed by atoms with Gasteiger partial charge in [0, 0.05) is 17.8 Å². The highest BCUT2D eigenvalue weighted by molar-refractivity contribution is 6.02. The zero-order chi connectivity index (χ0) is 17.6. The van der Waals surface area contributed by atoms with Crippen LogP contribution in [0.3, 0.4) is 0 Å². The Balaban J connectivity index is 1.67. The minimum Gasteiger partial charge on any atom is -0.462 e. The number of amides is 1. The molecule has 1 N–H and O–H groups in total. The highest BCUT2D eigenvalue weighted by Crippen LogP contribution is 2.16. The molecule has 126 valence electrons. The molecule has 25 heavy (non-hydrogen) atoms. The van der Waals surface area contributed by atoms with Gasteiger partial charge in [0.1, 0.15) is 5.52 Å². The molecule has 6 heteroatoms. The Hall–Kier alpha value is -3.41. The molecule has 3 aromatic rings. The summed E-state index contributed by atoms with van der Waals surface area (Å²) in [4.78, 5) is 28.0. The number of esters is 1. The van der Waals surface area contributed by atoms with Gasteiger partial charge in [-0.2, -0.15) is 0 Å². The van der Waals surface area contributed by atoms with Crippen molar-refractivity contribution >= 4 is 34.7 Å². The van der Waals surface area contributed by atoms with Crippen LogP contribution in [0, 0.1) is 0 Å². The zero-order valence-electron chi connectivity index (χ0n) is 13.6. The summed E-state index contributed by atoms with van der Waals surface area (Å²) in [6.07, 6.45) is 2.81. The van der Waals surface area contributed by atoms with Crippen molar-refractivity contribution in [2.75, 3.05) is 11.9 Å². The number of nitrogens with one attached hydrogen (secondary N) is 1. The Labute approximate surface area is 144 Å². The molecule has 1 heterocycles. The highest BCUT2D eigenvalue weighted by atomic mass is 16.5. The van der Waals surface area contributed by atoms with Gasteiger partial charge >= 0.3 is 5.97 Å². The second-order valence-electron chi connectivity index (χ2n) is 5.14. The number of carbonyl (C=O) groups is 2. The maximum atomic E-state index is 12.0. The predicted molar refractivity (Wildman–Crippen MR) is 94.1 cm³/mol. The second kappa shape index (κ2) is 7.44. The van der Waals surface area contributed by atoms with Crippen molar-refractivity contribution in [3.63, 3.8) is 0 Å². The Morgan fingerprint density at radius 1 is 1.20 bits per heavy atom. The summed E-state index contributed by atoms with van der Waals surface area (Å²) in [5, 5.41) is 2.68. The van der Waals surface area contributed by atoms with Crippen LogP contribution in [-0.4, -0.2) is 23.5 Å². The minimum absolute atomic E-state index is 0.294. The number of hydrogen-bond donors (Lipinski definition) is 1. The molecule has 0 saturated carbocycles. The number of fused-ring (bicyclic) bond motifs is 1. The molecule has 0 aliphatic carbocycles. The van der Waals surface area contributed by atoms with E-state index in [1.165, 1.54) is 12.2 Å². The zero-order valence-corrected chi connectivity index (χ0v) is 13.6. The van der Waals surface area contributed by atoms with Gasteiger partial charge in [-0.1, -0.05) is 18.2 Å². The van der Waals surface area contributed by atoms with Gasteiger partial charge in [0.05, 0.1) is 12.2 Å². The van der Waals surface area contributed by atoms with E-state index in [2.05, 4.69) is 10.3 Å². The molecule has 0 unspecified atom stereocenters. The molecule has 3 rings (SSSR count). The molecule has 0 aliphatic rings. The fourth-order valence-corrected chi connectivity index (χ4v) is 2.23. The van der Waals surface area contributed by atoms with E-state index in [1.807, 2.05) is 18.2 Å². The van der Waals surface area contributed by atoms with Gasteiger partial charge in [-0.05, 0) is 37.3 Å². The lowest BCUT2D eigenvalue weighted by molar-refractivity contribution is -0.111. The third-order valence-electron chi connectivity index (χ3n) is 3.33. The van der Waals surface area contributed by atoms with Crippen molar-refractivity contribution < 1.29 is 18.7 Å².